The molecule has 13 heavy (non-hydrogen) atoms. The van der Waals surface area contributed by atoms with Crippen molar-refractivity contribution < 1.29 is 0 Å². The zero-order valence-corrected chi connectivity index (χ0v) is 6.86. The van der Waals surface area contributed by atoms with Gasteiger partial charge in [0.05, 0.1) is 11.7 Å². The van der Waals surface area contributed by atoms with E-state index in [0.717, 1.165) is 10.9 Å². The highest BCUT2D eigenvalue weighted by Gasteiger charge is 2.03. The fourth-order valence-corrected chi connectivity index (χ4v) is 1.22. The number of nitrogens with one attached hydrogen (secondary N) is 1. The summed E-state index contributed by atoms with van der Waals surface area (Å²) >= 11 is 0. The van der Waals surface area contributed by atoms with Crippen LogP contribution in [0.15, 0.2) is 30.5 Å². The molecule has 0 aliphatic carbocycles. The van der Waals surface area contributed by atoms with Gasteiger partial charge in [0, 0.05) is 10.9 Å². The summed E-state index contributed by atoms with van der Waals surface area (Å²) in [6, 6.07) is 7.48. The number of hydrogen-bond acceptors (Lipinski definition) is 3. The number of hydrogen-bond donors (Lipinski definition) is 2. The van der Waals surface area contributed by atoms with Crippen LogP contribution in [0.2, 0.25) is 0 Å². The van der Waals surface area contributed by atoms with E-state index in [1.165, 1.54) is 6.20 Å². The first-order chi connectivity index (χ1) is 6.29. The van der Waals surface area contributed by atoms with Gasteiger partial charge in [-0.15, -0.1) is 0 Å². The predicted octanol–water partition coefficient (Wildman–Crippen LogP) is 0.914. The van der Waals surface area contributed by atoms with Crippen LogP contribution in [0.4, 0.5) is 0 Å². The van der Waals surface area contributed by atoms with Crippen LogP contribution in [0.3, 0.4) is 0 Å². The lowest BCUT2D eigenvalue weighted by Crippen LogP contribution is -2.12. The number of nitrogen functional groups attached to an aromatic ring is 1. The van der Waals surface area contributed by atoms with E-state index in [1.807, 2.05) is 24.3 Å². The van der Waals surface area contributed by atoms with Gasteiger partial charge >= 0.3 is 0 Å². The first-order valence-electron chi connectivity index (χ1n) is 3.84. The quantitative estimate of drug-likeness (QED) is 0.496. The molecule has 4 nitrogen and oxygen atoms in total. The fourth-order valence-electron chi connectivity index (χ4n) is 1.22. The molecule has 0 atom stereocenters. The Morgan fingerprint density at radius 1 is 1.31 bits per heavy atom. The van der Waals surface area contributed by atoms with Gasteiger partial charge < -0.3 is 5.73 Å². The molecule has 2 aromatic rings. The van der Waals surface area contributed by atoms with Gasteiger partial charge in [-0.1, -0.05) is 18.2 Å². The van der Waals surface area contributed by atoms with Crippen LogP contribution in [0, 0.1) is 5.41 Å². The second-order valence-corrected chi connectivity index (χ2v) is 2.69. The Morgan fingerprint density at radius 3 is 2.85 bits per heavy atom. The maximum absolute atomic E-state index is 7.33. The molecule has 1 aromatic carbocycles. The summed E-state index contributed by atoms with van der Waals surface area (Å²) in [6.45, 7) is 0. The SMILES string of the molecule is N=C(N)c1cnnc2ccccc12. The number of amidine groups is 1. The van der Waals surface area contributed by atoms with E-state index in [9.17, 15) is 0 Å². The normalized spacial score (nSPS) is 10.2. The Bertz CT molecular complexity index is 459. The van der Waals surface area contributed by atoms with Gasteiger partial charge in [-0.3, -0.25) is 5.41 Å². The van der Waals surface area contributed by atoms with Gasteiger partial charge in [-0.05, 0) is 6.07 Å². The molecular weight excluding hydrogens is 164 g/mol. The molecule has 2 rings (SSSR count). The molecule has 0 saturated heterocycles. The third-order valence-corrected chi connectivity index (χ3v) is 1.84. The van der Waals surface area contributed by atoms with E-state index in [2.05, 4.69) is 10.2 Å². The molecule has 0 saturated carbocycles. The van der Waals surface area contributed by atoms with E-state index >= 15 is 0 Å². The fraction of sp³-hybridized carbons (Fsp3) is 0. The van der Waals surface area contributed by atoms with E-state index in [0.29, 0.717) is 5.56 Å². The molecular formula is C9H8N4. The molecule has 0 aliphatic rings. The number of fused-ring (bicyclic) bond motifs is 1. The van der Waals surface area contributed by atoms with Crippen LogP contribution in [0.1, 0.15) is 5.56 Å². The van der Waals surface area contributed by atoms with Crippen LogP contribution in [0.25, 0.3) is 10.9 Å². The van der Waals surface area contributed by atoms with E-state index in [1.54, 1.807) is 0 Å². The highest BCUT2D eigenvalue weighted by molar-refractivity contribution is 6.06. The summed E-state index contributed by atoms with van der Waals surface area (Å²) in [5.41, 5.74) is 6.78. The summed E-state index contributed by atoms with van der Waals surface area (Å²) in [4.78, 5) is 0. The molecule has 1 aromatic heterocycles. The zero-order chi connectivity index (χ0) is 9.26. The standard InChI is InChI=1S/C9H8N4/c10-9(11)7-5-12-13-8-4-2-1-3-6(7)8/h1-5H,(H3,10,11). The van der Waals surface area contributed by atoms with Crippen molar-refractivity contribution in [2.24, 2.45) is 5.73 Å². The average molecular weight is 172 g/mol. The molecule has 3 N–H and O–H groups in total. The van der Waals surface area contributed by atoms with Crippen LogP contribution in [-0.4, -0.2) is 16.0 Å². The Balaban J connectivity index is 2.83. The third kappa shape index (κ3) is 1.22. The molecule has 0 unspecified atom stereocenters. The molecule has 1 heterocycles. The zero-order valence-electron chi connectivity index (χ0n) is 6.86. The Labute approximate surface area is 74.9 Å². The molecule has 0 aliphatic heterocycles. The maximum Gasteiger partial charge on any atom is 0.125 e. The lowest BCUT2D eigenvalue weighted by Gasteiger charge is -2.01. The molecule has 64 valence electrons. The minimum atomic E-state index is 0.0195. The largest absolute Gasteiger partial charge is 0.384 e. The minimum Gasteiger partial charge on any atom is -0.384 e. The Morgan fingerprint density at radius 2 is 2.08 bits per heavy atom. The van der Waals surface area contributed by atoms with Crippen molar-refractivity contribution in [3.8, 4) is 0 Å². The first kappa shape index (κ1) is 7.67. The second-order valence-electron chi connectivity index (χ2n) is 2.69. The van der Waals surface area contributed by atoms with Gasteiger partial charge in [0.1, 0.15) is 5.84 Å². The van der Waals surface area contributed by atoms with Gasteiger partial charge in [-0.2, -0.15) is 10.2 Å². The highest BCUT2D eigenvalue weighted by Crippen LogP contribution is 2.13. The average Bonchev–Trinajstić information content (AvgIpc) is 2.17. The first-order valence-corrected chi connectivity index (χ1v) is 3.84. The molecule has 0 fully saturated rings. The summed E-state index contributed by atoms with van der Waals surface area (Å²) < 4.78 is 0. The summed E-state index contributed by atoms with van der Waals surface area (Å²) in [5.74, 6) is 0.0195. The number of nitrogens with two attached hydrogens (primary N) is 1. The van der Waals surface area contributed by atoms with Crippen LogP contribution >= 0.6 is 0 Å². The summed E-state index contributed by atoms with van der Waals surface area (Å²) in [7, 11) is 0. The van der Waals surface area contributed by atoms with Gasteiger partial charge in [0.2, 0.25) is 0 Å². The lowest BCUT2D eigenvalue weighted by atomic mass is 10.1. The summed E-state index contributed by atoms with van der Waals surface area (Å²) in [6.07, 6.45) is 1.50. The van der Waals surface area contributed by atoms with E-state index in [-0.39, 0.29) is 5.84 Å². The molecule has 4 heteroatoms. The molecule has 0 radical (unpaired) electrons. The second kappa shape index (κ2) is 2.82. The van der Waals surface area contributed by atoms with Crippen LogP contribution in [0.5, 0.6) is 0 Å². The summed E-state index contributed by atoms with van der Waals surface area (Å²) in [5, 5.41) is 15.9. The van der Waals surface area contributed by atoms with Gasteiger partial charge in [0.25, 0.3) is 0 Å². The monoisotopic (exact) mass is 172 g/mol. The number of rotatable bonds is 1. The van der Waals surface area contributed by atoms with Crippen molar-refractivity contribution >= 4 is 16.7 Å². The van der Waals surface area contributed by atoms with E-state index < -0.39 is 0 Å². The number of nitrogens with zero attached hydrogens (tertiary/aromatic N) is 2. The lowest BCUT2D eigenvalue weighted by molar-refractivity contribution is 1.07. The van der Waals surface area contributed by atoms with Crippen LogP contribution < -0.4 is 5.73 Å². The Kier molecular flexibility index (Phi) is 1.66. The van der Waals surface area contributed by atoms with Crippen molar-refractivity contribution in [3.63, 3.8) is 0 Å². The van der Waals surface area contributed by atoms with Gasteiger partial charge in [-0.25, -0.2) is 0 Å². The molecule has 0 amide bonds. The van der Waals surface area contributed by atoms with Crippen molar-refractivity contribution in [2.45, 2.75) is 0 Å². The van der Waals surface area contributed by atoms with Gasteiger partial charge in [0.15, 0.2) is 0 Å². The Hall–Kier alpha value is -1.97. The highest BCUT2D eigenvalue weighted by atomic mass is 15.1. The maximum atomic E-state index is 7.33. The third-order valence-electron chi connectivity index (χ3n) is 1.84. The molecule has 0 bridgehead atoms. The number of benzene rings is 1. The predicted molar refractivity (Wildman–Crippen MR) is 50.6 cm³/mol. The van der Waals surface area contributed by atoms with Crippen molar-refractivity contribution in [1.29, 1.82) is 5.41 Å². The minimum absolute atomic E-state index is 0.0195. The number of aromatic nitrogens is 2. The van der Waals surface area contributed by atoms with Crippen LogP contribution in [-0.2, 0) is 0 Å². The van der Waals surface area contributed by atoms with Crippen molar-refractivity contribution in [2.75, 3.05) is 0 Å². The van der Waals surface area contributed by atoms with E-state index in [4.69, 9.17) is 11.1 Å². The molecule has 0 spiro atoms. The van der Waals surface area contributed by atoms with Crippen molar-refractivity contribution in [1.82, 2.24) is 10.2 Å². The smallest absolute Gasteiger partial charge is 0.125 e. The topological polar surface area (TPSA) is 75.7 Å². The van der Waals surface area contributed by atoms with Crippen molar-refractivity contribution in [3.05, 3.63) is 36.0 Å².